The van der Waals surface area contributed by atoms with Gasteiger partial charge in [-0.05, 0) is 52.7 Å². The maximum atomic E-state index is 6.55. The number of thiophene rings is 1. The lowest BCUT2D eigenvalue weighted by atomic mass is 10.0. The third-order valence-electron chi connectivity index (χ3n) is 2.66. The second-order valence-electron chi connectivity index (χ2n) is 3.81. The van der Waals surface area contributed by atoms with Crippen molar-refractivity contribution in [2.24, 2.45) is 0 Å². The lowest BCUT2D eigenvalue weighted by Crippen LogP contribution is -1.97. The van der Waals surface area contributed by atoms with Crippen molar-refractivity contribution in [2.45, 2.75) is 12.3 Å². The summed E-state index contributed by atoms with van der Waals surface area (Å²) in [6, 6.07) is 7.52. The Morgan fingerprint density at radius 3 is 2.56 bits per heavy atom. The van der Waals surface area contributed by atoms with Gasteiger partial charge in [0, 0.05) is 15.5 Å². The molecule has 0 radical (unpaired) electrons. The Kier molecular flexibility index (Phi) is 4.59. The molecular formula is C13H11BrCl2OS. The lowest BCUT2D eigenvalue weighted by Gasteiger charge is -2.14. The molecule has 1 heterocycles. The topological polar surface area (TPSA) is 9.23 Å². The highest BCUT2D eigenvalue weighted by molar-refractivity contribution is 9.11. The van der Waals surface area contributed by atoms with Crippen LogP contribution in [0.25, 0.3) is 0 Å². The van der Waals surface area contributed by atoms with Crippen LogP contribution in [0.4, 0.5) is 0 Å². The minimum atomic E-state index is -0.263. The van der Waals surface area contributed by atoms with E-state index in [9.17, 15) is 0 Å². The fourth-order valence-electron chi connectivity index (χ4n) is 1.78. The summed E-state index contributed by atoms with van der Waals surface area (Å²) in [5, 5.41) is 0.393. The van der Waals surface area contributed by atoms with E-state index in [1.807, 2.05) is 18.2 Å². The Morgan fingerprint density at radius 2 is 2.00 bits per heavy atom. The fourth-order valence-corrected chi connectivity index (χ4v) is 4.17. The monoisotopic (exact) mass is 364 g/mol. The van der Waals surface area contributed by atoms with Gasteiger partial charge in [-0.15, -0.1) is 22.9 Å². The summed E-state index contributed by atoms with van der Waals surface area (Å²) >= 11 is 17.7. The van der Waals surface area contributed by atoms with E-state index in [1.165, 1.54) is 4.88 Å². The summed E-state index contributed by atoms with van der Waals surface area (Å²) < 4.78 is 6.41. The highest BCUT2D eigenvalue weighted by atomic mass is 79.9. The zero-order chi connectivity index (χ0) is 13.3. The molecule has 1 aromatic heterocycles. The molecule has 0 saturated heterocycles. The number of ether oxygens (including phenoxy) is 1. The first-order chi connectivity index (χ1) is 8.52. The van der Waals surface area contributed by atoms with Crippen LogP contribution in [0, 0.1) is 6.92 Å². The zero-order valence-electron chi connectivity index (χ0n) is 9.84. The summed E-state index contributed by atoms with van der Waals surface area (Å²) in [5.41, 5.74) is 1.97. The second-order valence-corrected chi connectivity index (χ2v) is 7.32. The molecule has 18 heavy (non-hydrogen) atoms. The summed E-state index contributed by atoms with van der Waals surface area (Å²) in [6.07, 6.45) is 0. The quantitative estimate of drug-likeness (QED) is 0.623. The number of hydrogen-bond acceptors (Lipinski definition) is 2. The van der Waals surface area contributed by atoms with Crippen molar-refractivity contribution >= 4 is 50.5 Å². The molecular weight excluding hydrogens is 355 g/mol. The summed E-state index contributed by atoms with van der Waals surface area (Å²) in [6.45, 7) is 2.05. The van der Waals surface area contributed by atoms with Crippen LogP contribution in [0.5, 0.6) is 5.75 Å². The number of benzene rings is 1. The summed E-state index contributed by atoms with van der Waals surface area (Å²) in [4.78, 5) is 1.18. The molecule has 0 aliphatic carbocycles. The van der Waals surface area contributed by atoms with Gasteiger partial charge in [0.1, 0.15) is 5.75 Å². The minimum absolute atomic E-state index is 0.263. The highest BCUT2D eigenvalue weighted by Crippen LogP contribution is 2.41. The van der Waals surface area contributed by atoms with E-state index >= 15 is 0 Å². The molecule has 1 nitrogen and oxygen atoms in total. The fraction of sp³-hybridized carbons (Fsp3) is 0.231. The molecule has 0 aliphatic heterocycles. The van der Waals surface area contributed by atoms with Crippen molar-refractivity contribution in [3.63, 3.8) is 0 Å². The number of methoxy groups -OCH3 is 1. The third kappa shape index (κ3) is 2.85. The van der Waals surface area contributed by atoms with E-state index in [4.69, 9.17) is 27.9 Å². The maximum Gasteiger partial charge on any atom is 0.123 e. The SMILES string of the molecule is COc1ccc(Cl)cc1C(Cl)c1cc(Br)sc1C. The van der Waals surface area contributed by atoms with Crippen LogP contribution in [0.15, 0.2) is 28.1 Å². The molecule has 0 fully saturated rings. The van der Waals surface area contributed by atoms with Gasteiger partial charge in [0.25, 0.3) is 0 Å². The molecule has 1 aromatic carbocycles. The van der Waals surface area contributed by atoms with Crippen molar-refractivity contribution in [2.75, 3.05) is 7.11 Å². The average Bonchev–Trinajstić information content (AvgIpc) is 2.67. The molecule has 0 saturated carbocycles. The molecule has 0 N–H and O–H groups in total. The van der Waals surface area contributed by atoms with Crippen LogP contribution in [-0.2, 0) is 0 Å². The largest absolute Gasteiger partial charge is 0.496 e. The van der Waals surface area contributed by atoms with Crippen LogP contribution < -0.4 is 4.74 Å². The Morgan fingerprint density at radius 1 is 1.28 bits per heavy atom. The van der Waals surface area contributed by atoms with Gasteiger partial charge in [0.05, 0.1) is 16.3 Å². The maximum absolute atomic E-state index is 6.55. The predicted molar refractivity (Wildman–Crippen MR) is 82.5 cm³/mol. The van der Waals surface area contributed by atoms with E-state index in [0.29, 0.717) is 5.02 Å². The Balaban J connectivity index is 2.48. The Bertz CT molecular complexity index is 568. The van der Waals surface area contributed by atoms with Crippen molar-refractivity contribution in [1.82, 2.24) is 0 Å². The normalized spacial score (nSPS) is 12.5. The third-order valence-corrected chi connectivity index (χ3v) is 4.94. The standard InChI is InChI=1S/C13H11BrCl2OS/c1-7-9(6-12(14)18-7)13(16)10-5-8(15)3-4-11(10)17-2/h3-6,13H,1-2H3. The van der Waals surface area contributed by atoms with Crippen molar-refractivity contribution in [3.8, 4) is 5.75 Å². The highest BCUT2D eigenvalue weighted by Gasteiger charge is 2.19. The molecule has 1 atom stereocenters. The number of aryl methyl sites for hydroxylation is 1. The van der Waals surface area contributed by atoms with Crippen LogP contribution in [0.3, 0.4) is 0 Å². The van der Waals surface area contributed by atoms with Gasteiger partial charge in [-0.1, -0.05) is 11.6 Å². The van der Waals surface area contributed by atoms with E-state index < -0.39 is 0 Å². The van der Waals surface area contributed by atoms with Crippen LogP contribution in [0.2, 0.25) is 5.02 Å². The van der Waals surface area contributed by atoms with Crippen LogP contribution in [-0.4, -0.2) is 7.11 Å². The van der Waals surface area contributed by atoms with Crippen molar-refractivity contribution in [3.05, 3.63) is 49.1 Å². The smallest absolute Gasteiger partial charge is 0.123 e. The number of halogens is 3. The van der Waals surface area contributed by atoms with Gasteiger partial charge >= 0.3 is 0 Å². The Hall–Kier alpha value is -0.220. The Labute approximate surface area is 129 Å². The number of rotatable bonds is 3. The van der Waals surface area contributed by atoms with Gasteiger partial charge in [0.2, 0.25) is 0 Å². The van der Waals surface area contributed by atoms with Gasteiger partial charge in [-0.3, -0.25) is 0 Å². The molecule has 0 aliphatic rings. The van der Waals surface area contributed by atoms with E-state index in [0.717, 1.165) is 20.7 Å². The zero-order valence-corrected chi connectivity index (χ0v) is 13.8. The molecule has 0 spiro atoms. The van der Waals surface area contributed by atoms with Crippen molar-refractivity contribution < 1.29 is 4.74 Å². The summed E-state index contributed by atoms with van der Waals surface area (Å²) in [7, 11) is 1.63. The van der Waals surface area contributed by atoms with E-state index in [1.54, 1.807) is 24.5 Å². The molecule has 0 amide bonds. The minimum Gasteiger partial charge on any atom is -0.496 e. The molecule has 0 bridgehead atoms. The second kappa shape index (κ2) is 5.83. The van der Waals surface area contributed by atoms with Gasteiger partial charge in [-0.25, -0.2) is 0 Å². The first-order valence-electron chi connectivity index (χ1n) is 5.26. The first kappa shape index (κ1) is 14.2. The molecule has 1 unspecified atom stereocenters. The average molecular weight is 366 g/mol. The van der Waals surface area contributed by atoms with Crippen molar-refractivity contribution in [1.29, 1.82) is 0 Å². The summed E-state index contributed by atoms with van der Waals surface area (Å²) in [5.74, 6) is 0.751. The number of alkyl halides is 1. The molecule has 2 rings (SSSR count). The predicted octanol–water partition coefficient (Wildman–Crippen LogP) is 5.81. The number of hydrogen-bond donors (Lipinski definition) is 0. The van der Waals surface area contributed by atoms with E-state index in [-0.39, 0.29) is 5.38 Å². The molecule has 96 valence electrons. The molecule has 5 heteroatoms. The van der Waals surface area contributed by atoms with Gasteiger partial charge in [-0.2, -0.15) is 0 Å². The first-order valence-corrected chi connectivity index (χ1v) is 7.68. The van der Waals surface area contributed by atoms with Crippen LogP contribution in [0.1, 0.15) is 21.4 Å². The van der Waals surface area contributed by atoms with Gasteiger partial charge in [0.15, 0.2) is 0 Å². The van der Waals surface area contributed by atoms with Crippen LogP contribution >= 0.6 is 50.5 Å². The molecule has 2 aromatic rings. The van der Waals surface area contributed by atoms with Gasteiger partial charge < -0.3 is 4.74 Å². The van der Waals surface area contributed by atoms with E-state index in [2.05, 4.69) is 22.9 Å². The lowest BCUT2D eigenvalue weighted by molar-refractivity contribution is 0.410.